The Kier molecular flexibility index (Phi) is 4.82. The summed E-state index contributed by atoms with van der Waals surface area (Å²) in [4.78, 5) is 9.13. The molecule has 0 radical (unpaired) electrons. The topological polar surface area (TPSA) is 36.4 Å². The van der Waals surface area contributed by atoms with Crippen LogP contribution in [0.4, 0.5) is 11.5 Å². The molecule has 0 fully saturated rings. The summed E-state index contributed by atoms with van der Waals surface area (Å²) < 4.78 is 0.769. The number of quaternary nitrogens is 1. The number of likely N-dealkylation sites (N-methyl/N-ethyl adjacent to an activating group) is 1. The summed E-state index contributed by atoms with van der Waals surface area (Å²) in [6.07, 6.45) is 1.70. The number of halogens is 1. The Morgan fingerprint density at radius 1 is 1.22 bits per heavy atom. The van der Waals surface area contributed by atoms with E-state index in [0.29, 0.717) is 5.02 Å². The summed E-state index contributed by atoms with van der Waals surface area (Å²) in [5.41, 5.74) is 1.18. The van der Waals surface area contributed by atoms with Crippen molar-refractivity contribution in [1.29, 1.82) is 0 Å². The number of rotatable bonds is 5. The molecule has 1 aliphatic heterocycles. The molecule has 0 aliphatic carbocycles. The molecule has 0 bridgehead atoms. The molecule has 0 unspecified atom stereocenters. The molecule has 1 aromatic carbocycles. The lowest BCUT2D eigenvalue weighted by atomic mass is 10.2. The fraction of sp³-hybridized carbons (Fsp3) is 0.353. The van der Waals surface area contributed by atoms with E-state index < -0.39 is 0 Å². The second-order valence-corrected chi connectivity index (χ2v) is 7.82. The van der Waals surface area contributed by atoms with Crippen molar-refractivity contribution in [2.24, 2.45) is 0 Å². The second kappa shape index (κ2) is 6.69. The highest BCUT2D eigenvalue weighted by Gasteiger charge is 2.26. The Balaban J connectivity index is 1.93. The molecule has 122 valence electrons. The number of hydrogen-bond acceptors (Lipinski definition) is 4. The van der Waals surface area contributed by atoms with Crippen LogP contribution in [0.2, 0.25) is 5.02 Å². The van der Waals surface area contributed by atoms with Crippen LogP contribution in [0.25, 0.3) is 0 Å². The molecule has 3 rings (SSSR count). The Bertz CT molecular complexity index is 708. The van der Waals surface area contributed by atoms with E-state index in [0.717, 1.165) is 34.8 Å². The first-order valence-corrected chi connectivity index (χ1v) is 8.82. The molecular formula is C17H21ClN3OS+. The Morgan fingerprint density at radius 2 is 2.00 bits per heavy atom. The molecule has 0 spiro atoms. The maximum absolute atomic E-state index is 9.23. The van der Waals surface area contributed by atoms with E-state index in [1.54, 1.807) is 18.0 Å². The van der Waals surface area contributed by atoms with Gasteiger partial charge in [0.15, 0.2) is 0 Å². The number of pyridine rings is 1. The van der Waals surface area contributed by atoms with Crippen molar-refractivity contribution in [2.45, 2.75) is 9.79 Å². The van der Waals surface area contributed by atoms with Crippen LogP contribution in [0, 0.1) is 0 Å². The van der Waals surface area contributed by atoms with Gasteiger partial charge in [-0.15, -0.1) is 0 Å². The Morgan fingerprint density at radius 3 is 2.78 bits per heavy atom. The van der Waals surface area contributed by atoms with E-state index >= 15 is 0 Å². The molecule has 0 saturated carbocycles. The van der Waals surface area contributed by atoms with Crippen LogP contribution in [-0.2, 0) is 0 Å². The predicted molar refractivity (Wildman–Crippen MR) is 95.7 cm³/mol. The van der Waals surface area contributed by atoms with Crippen LogP contribution in [0.1, 0.15) is 0 Å². The molecule has 1 aromatic heterocycles. The number of anilines is 2. The third-order valence-electron chi connectivity index (χ3n) is 4.07. The van der Waals surface area contributed by atoms with Crippen LogP contribution in [-0.4, -0.2) is 54.9 Å². The van der Waals surface area contributed by atoms with Crippen molar-refractivity contribution in [2.75, 3.05) is 45.2 Å². The normalized spacial score (nSPS) is 13.7. The highest BCUT2D eigenvalue weighted by atomic mass is 35.5. The number of para-hydroxylation sites is 1. The first kappa shape index (κ1) is 16.6. The Hall–Kier alpha value is -1.27. The minimum atomic E-state index is 0.198. The lowest BCUT2D eigenvalue weighted by Crippen LogP contribution is -2.46. The van der Waals surface area contributed by atoms with E-state index in [-0.39, 0.29) is 6.61 Å². The van der Waals surface area contributed by atoms with E-state index in [1.165, 1.54) is 10.6 Å². The monoisotopic (exact) mass is 350 g/mol. The molecule has 0 amide bonds. The van der Waals surface area contributed by atoms with Crippen LogP contribution in [0.3, 0.4) is 0 Å². The highest BCUT2D eigenvalue weighted by molar-refractivity contribution is 7.99. The number of fused-ring (bicyclic) bond motifs is 2. The van der Waals surface area contributed by atoms with Crippen LogP contribution in [0.5, 0.6) is 0 Å². The average molecular weight is 351 g/mol. The van der Waals surface area contributed by atoms with Gasteiger partial charge in [0, 0.05) is 11.1 Å². The summed E-state index contributed by atoms with van der Waals surface area (Å²) >= 11 is 7.83. The SMILES string of the molecule is C[N+](C)(CCO)CCN1c2ccccc2Sc2cc(Cl)cnc21. The smallest absolute Gasteiger partial charge is 0.147 e. The number of benzene rings is 1. The molecule has 0 atom stereocenters. The second-order valence-electron chi connectivity index (χ2n) is 6.30. The molecule has 23 heavy (non-hydrogen) atoms. The standard InChI is InChI=1S/C17H21ClN3OS/c1-21(2,9-10-22)8-7-20-14-5-3-4-6-15(14)23-16-11-13(18)12-19-17(16)20/h3-6,11-12,22H,7-10H2,1-2H3/q+1. The van der Waals surface area contributed by atoms with Gasteiger partial charge in [0.25, 0.3) is 0 Å². The van der Waals surface area contributed by atoms with Crippen LogP contribution >= 0.6 is 23.4 Å². The Labute approximate surface area is 146 Å². The number of aliphatic hydroxyl groups is 1. The molecule has 0 saturated heterocycles. The van der Waals surface area contributed by atoms with Crippen molar-refractivity contribution in [3.8, 4) is 0 Å². The maximum Gasteiger partial charge on any atom is 0.147 e. The van der Waals surface area contributed by atoms with E-state index in [4.69, 9.17) is 11.6 Å². The predicted octanol–water partition coefficient (Wildman–Crippen LogP) is 3.41. The van der Waals surface area contributed by atoms with E-state index in [1.807, 2.05) is 6.07 Å². The van der Waals surface area contributed by atoms with E-state index in [2.05, 4.69) is 48.2 Å². The van der Waals surface area contributed by atoms with Crippen molar-refractivity contribution in [3.63, 3.8) is 0 Å². The fourth-order valence-electron chi connectivity index (χ4n) is 2.67. The van der Waals surface area contributed by atoms with Crippen LogP contribution in [0.15, 0.2) is 46.3 Å². The van der Waals surface area contributed by atoms with Gasteiger partial charge in [-0.25, -0.2) is 4.98 Å². The number of nitrogens with zero attached hydrogens (tertiary/aromatic N) is 3. The molecule has 2 heterocycles. The van der Waals surface area contributed by atoms with Crippen molar-refractivity contribution >= 4 is 34.9 Å². The molecule has 1 N–H and O–H groups in total. The lowest BCUT2D eigenvalue weighted by Gasteiger charge is -2.35. The zero-order chi connectivity index (χ0) is 16.4. The van der Waals surface area contributed by atoms with Gasteiger partial charge < -0.3 is 14.5 Å². The average Bonchev–Trinajstić information content (AvgIpc) is 2.51. The van der Waals surface area contributed by atoms with E-state index in [9.17, 15) is 5.11 Å². The summed E-state index contributed by atoms with van der Waals surface area (Å²) in [6.45, 7) is 2.70. The van der Waals surface area contributed by atoms with Gasteiger partial charge in [0.1, 0.15) is 12.4 Å². The van der Waals surface area contributed by atoms with Crippen molar-refractivity contribution in [3.05, 3.63) is 41.6 Å². The highest BCUT2D eigenvalue weighted by Crippen LogP contribution is 2.47. The van der Waals surface area contributed by atoms with Gasteiger partial charge in [-0.3, -0.25) is 0 Å². The first-order valence-electron chi connectivity index (χ1n) is 7.63. The van der Waals surface area contributed by atoms with Gasteiger partial charge in [0.05, 0.1) is 49.4 Å². The third-order valence-corrected chi connectivity index (χ3v) is 5.36. The third kappa shape index (κ3) is 3.63. The number of hydrogen-bond donors (Lipinski definition) is 1. The van der Waals surface area contributed by atoms with Crippen molar-refractivity contribution in [1.82, 2.24) is 4.98 Å². The van der Waals surface area contributed by atoms with Gasteiger partial charge in [-0.2, -0.15) is 0 Å². The largest absolute Gasteiger partial charge is 0.391 e. The summed E-state index contributed by atoms with van der Waals surface area (Å²) in [5, 5.41) is 9.88. The zero-order valence-corrected chi connectivity index (χ0v) is 14.9. The fourth-order valence-corrected chi connectivity index (χ4v) is 4.00. The van der Waals surface area contributed by atoms with Crippen molar-refractivity contribution < 1.29 is 9.59 Å². The number of aliphatic hydroxyl groups excluding tert-OH is 1. The molecular weight excluding hydrogens is 330 g/mol. The molecule has 2 aromatic rings. The molecule has 6 heteroatoms. The van der Waals surface area contributed by atoms with Crippen LogP contribution < -0.4 is 4.90 Å². The molecule has 1 aliphatic rings. The maximum atomic E-state index is 9.23. The lowest BCUT2D eigenvalue weighted by molar-refractivity contribution is -0.889. The van der Waals surface area contributed by atoms with Gasteiger partial charge >= 0.3 is 0 Å². The summed E-state index contributed by atoms with van der Waals surface area (Å²) in [7, 11) is 4.27. The quantitative estimate of drug-likeness (QED) is 0.838. The summed E-state index contributed by atoms with van der Waals surface area (Å²) in [6, 6.07) is 10.4. The molecule has 4 nitrogen and oxygen atoms in total. The first-order chi connectivity index (χ1) is 11.0. The minimum Gasteiger partial charge on any atom is -0.391 e. The van der Waals surface area contributed by atoms with Gasteiger partial charge in [0.2, 0.25) is 0 Å². The van der Waals surface area contributed by atoms with Gasteiger partial charge in [-0.1, -0.05) is 35.5 Å². The van der Waals surface area contributed by atoms with Gasteiger partial charge in [-0.05, 0) is 18.2 Å². The zero-order valence-electron chi connectivity index (χ0n) is 13.4. The summed E-state index contributed by atoms with van der Waals surface area (Å²) in [5.74, 6) is 0.960. The minimum absolute atomic E-state index is 0.198. The number of aromatic nitrogens is 1.